The topological polar surface area (TPSA) is 91.8 Å². The third-order valence-electron chi connectivity index (χ3n) is 9.32. The first-order valence-corrected chi connectivity index (χ1v) is 15.3. The number of sulfone groups is 1. The Balaban J connectivity index is 1.64. The summed E-state index contributed by atoms with van der Waals surface area (Å²) in [5.41, 5.74) is -7.90. The molecule has 3 aliphatic rings. The molecule has 44 heavy (non-hydrogen) atoms. The van der Waals surface area contributed by atoms with Crippen LogP contribution in [-0.2, 0) is 36.3 Å². The first kappa shape index (κ1) is 32.2. The molecule has 0 spiro atoms. The summed E-state index contributed by atoms with van der Waals surface area (Å²) in [5.74, 6) is -4.73. The number of benzene rings is 2. The second-order valence-corrected chi connectivity index (χ2v) is 13.9. The van der Waals surface area contributed by atoms with E-state index in [2.05, 4.69) is 0 Å². The van der Waals surface area contributed by atoms with Gasteiger partial charge in [-0.2, -0.15) is 26.3 Å². The van der Waals surface area contributed by atoms with Gasteiger partial charge < -0.3 is 10.0 Å². The van der Waals surface area contributed by atoms with Crippen LogP contribution < -0.4 is 0 Å². The smallest absolute Gasteiger partial charge is 0.435 e. The van der Waals surface area contributed by atoms with E-state index in [-0.39, 0.29) is 47.9 Å². The van der Waals surface area contributed by atoms with Crippen molar-refractivity contribution < 1.29 is 58.2 Å². The van der Waals surface area contributed by atoms with Gasteiger partial charge in [0.05, 0.1) is 10.8 Å². The third-order valence-corrected chi connectivity index (χ3v) is 11.9. The zero-order chi connectivity index (χ0) is 32.5. The summed E-state index contributed by atoms with van der Waals surface area (Å²) in [6, 6.07) is 5.11. The number of hydrogen-bond donors (Lipinski definition) is 1. The van der Waals surface area contributed by atoms with E-state index < -0.39 is 80.2 Å². The van der Waals surface area contributed by atoms with E-state index >= 15 is 0 Å². The first-order valence-electron chi connectivity index (χ1n) is 13.8. The lowest BCUT2D eigenvalue weighted by molar-refractivity contribution is -0.348. The lowest BCUT2D eigenvalue weighted by Crippen LogP contribution is -2.51. The zero-order valence-electron chi connectivity index (χ0n) is 22.9. The molecule has 2 fully saturated rings. The van der Waals surface area contributed by atoms with E-state index in [1.54, 1.807) is 0 Å². The minimum atomic E-state index is -6.38. The van der Waals surface area contributed by atoms with Crippen molar-refractivity contribution in [1.82, 2.24) is 4.90 Å². The normalized spacial score (nSPS) is 26.2. The van der Waals surface area contributed by atoms with Gasteiger partial charge in [-0.05, 0) is 67.5 Å². The molecular formula is C29H27F8NO5S. The molecule has 1 heterocycles. The molecule has 6 nitrogen and oxygen atoms in total. The fourth-order valence-electron chi connectivity index (χ4n) is 7.10. The van der Waals surface area contributed by atoms with E-state index in [1.807, 2.05) is 0 Å². The van der Waals surface area contributed by atoms with Crippen LogP contribution in [-0.4, -0.2) is 55.7 Å². The van der Waals surface area contributed by atoms with Gasteiger partial charge in [-0.3, -0.25) is 9.59 Å². The minimum absolute atomic E-state index is 0.0282. The number of amides is 1. The number of hydrogen-bond acceptors (Lipinski definition) is 4. The summed E-state index contributed by atoms with van der Waals surface area (Å²) < 4.78 is 137. The van der Waals surface area contributed by atoms with Crippen LogP contribution in [0.4, 0.5) is 35.1 Å². The Bertz CT molecular complexity index is 1560. The highest BCUT2D eigenvalue weighted by molar-refractivity contribution is 7.92. The number of nitrogens with zero attached hydrogens (tertiary/aromatic N) is 1. The monoisotopic (exact) mass is 653 g/mol. The van der Waals surface area contributed by atoms with Gasteiger partial charge in [0.2, 0.25) is 5.91 Å². The Hall–Kier alpha value is -3.23. The van der Waals surface area contributed by atoms with Gasteiger partial charge in [-0.1, -0.05) is 24.6 Å². The Morgan fingerprint density at radius 2 is 1.50 bits per heavy atom. The number of carbonyl (C=O) groups is 2. The lowest BCUT2D eigenvalue weighted by atomic mass is 9.75. The summed E-state index contributed by atoms with van der Waals surface area (Å²) >= 11 is 0. The van der Waals surface area contributed by atoms with Crippen LogP contribution in [0.2, 0.25) is 0 Å². The molecule has 0 bridgehead atoms. The molecule has 2 aliphatic carbocycles. The van der Waals surface area contributed by atoms with Crippen molar-refractivity contribution in [1.29, 1.82) is 0 Å². The summed E-state index contributed by atoms with van der Waals surface area (Å²) in [6.45, 7) is -0.664. The average molecular weight is 654 g/mol. The van der Waals surface area contributed by atoms with E-state index in [0.29, 0.717) is 25.3 Å². The molecule has 2 aromatic carbocycles. The van der Waals surface area contributed by atoms with Crippen LogP contribution in [0.15, 0.2) is 47.4 Å². The summed E-state index contributed by atoms with van der Waals surface area (Å²) in [7, 11) is -4.61. The highest BCUT2D eigenvalue weighted by atomic mass is 32.2. The quantitative estimate of drug-likeness (QED) is 0.312. The Kier molecular flexibility index (Phi) is 7.82. The molecule has 5 rings (SSSR count). The Morgan fingerprint density at radius 1 is 0.886 bits per heavy atom. The predicted molar refractivity (Wildman–Crippen MR) is 138 cm³/mol. The van der Waals surface area contributed by atoms with Crippen LogP contribution in [0.3, 0.4) is 0 Å². The highest BCUT2D eigenvalue weighted by Crippen LogP contribution is 2.56. The fraction of sp³-hybridized carbons (Fsp3) is 0.517. The van der Waals surface area contributed by atoms with E-state index in [9.17, 15) is 58.2 Å². The standard InChI is InChI=1S/C29H27F8NO5S/c30-21-7-9-22(10-8-21)44(42,43)26-15-38(24(39)17-2-1-3-18(12-17)25(40)41)14-20(26)5-4-16-13-19(6-11-23(16)26)27(31,28(32,33)34)29(35,36)37/h6-11,13,17-18,20H,1-5,12,14-15H2,(H,40,41). The maximum Gasteiger partial charge on any atom is 0.435 e. The molecule has 240 valence electrons. The maximum absolute atomic E-state index is 15.0. The largest absolute Gasteiger partial charge is 0.481 e. The molecule has 1 saturated carbocycles. The number of carbonyl (C=O) groups excluding carboxylic acids is 1. The van der Waals surface area contributed by atoms with Gasteiger partial charge in [-0.15, -0.1) is 0 Å². The Morgan fingerprint density at radius 3 is 2.09 bits per heavy atom. The number of aryl methyl sites for hydroxylation is 1. The highest BCUT2D eigenvalue weighted by Gasteiger charge is 2.73. The first-order chi connectivity index (χ1) is 20.3. The molecule has 2 aromatic rings. The van der Waals surface area contributed by atoms with Gasteiger partial charge in [0, 0.05) is 30.5 Å². The number of carboxylic acids is 1. The number of fused-ring (bicyclic) bond motifs is 3. The van der Waals surface area contributed by atoms with Gasteiger partial charge in [-0.25, -0.2) is 17.2 Å². The van der Waals surface area contributed by atoms with E-state index in [1.165, 1.54) is 4.90 Å². The van der Waals surface area contributed by atoms with Gasteiger partial charge >= 0.3 is 24.0 Å². The van der Waals surface area contributed by atoms with Crippen molar-refractivity contribution in [3.63, 3.8) is 0 Å². The molecule has 0 radical (unpaired) electrons. The van der Waals surface area contributed by atoms with Crippen molar-refractivity contribution in [3.8, 4) is 0 Å². The van der Waals surface area contributed by atoms with Gasteiger partial charge in [0.15, 0.2) is 9.84 Å². The number of rotatable bonds is 5. The maximum atomic E-state index is 15.0. The molecule has 4 atom stereocenters. The molecule has 15 heteroatoms. The molecule has 1 aliphatic heterocycles. The van der Waals surface area contributed by atoms with Gasteiger partial charge in [0.1, 0.15) is 10.6 Å². The van der Waals surface area contributed by atoms with Crippen LogP contribution in [0, 0.1) is 23.6 Å². The summed E-state index contributed by atoms with van der Waals surface area (Å²) in [4.78, 5) is 26.1. The average Bonchev–Trinajstić information content (AvgIpc) is 3.37. The second-order valence-electron chi connectivity index (χ2n) is 11.7. The number of alkyl halides is 7. The molecule has 0 aromatic heterocycles. The van der Waals surface area contributed by atoms with Crippen LogP contribution in [0.1, 0.15) is 48.8 Å². The molecular weight excluding hydrogens is 626 g/mol. The Labute approximate surface area is 247 Å². The third kappa shape index (κ3) is 4.85. The fourth-order valence-corrected chi connectivity index (χ4v) is 9.46. The number of likely N-dealkylation sites (tertiary alicyclic amines) is 1. The summed E-state index contributed by atoms with van der Waals surface area (Å²) in [5, 5.41) is 9.46. The molecule has 1 amide bonds. The number of aliphatic carboxylic acids is 1. The van der Waals surface area contributed by atoms with Gasteiger partial charge in [0.25, 0.3) is 0 Å². The SMILES string of the molecule is O=C(O)C1CCCC(C(=O)N2CC3CCc4cc(C(F)(C(F)(F)F)C(F)(F)F)ccc4C3(S(=O)(=O)c3ccc(F)cc3)C2)C1. The number of carboxylic acid groups (broad SMARTS) is 1. The van der Waals surface area contributed by atoms with Crippen molar-refractivity contribution >= 4 is 21.7 Å². The molecule has 1 N–H and O–H groups in total. The van der Waals surface area contributed by atoms with Crippen molar-refractivity contribution in [2.45, 2.75) is 66.2 Å². The zero-order valence-corrected chi connectivity index (χ0v) is 23.7. The predicted octanol–water partition coefficient (Wildman–Crippen LogP) is 6.08. The van der Waals surface area contributed by atoms with Crippen LogP contribution in [0.25, 0.3) is 0 Å². The van der Waals surface area contributed by atoms with Crippen molar-refractivity contribution in [2.75, 3.05) is 13.1 Å². The lowest BCUT2D eigenvalue weighted by Gasteiger charge is -2.40. The van der Waals surface area contributed by atoms with Crippen molar-refractivity contribution in [2.24, 2.45) is 17.8 Å². The number of halogens is 8. The van der Waals surface area contributed by atoms with Crippen LogP contribution in [0.5, 0.6) is 0 Å². The van der Waals surface area contributed by atoms with Crippen LogP contribution >= 0.6 is 0 Å². The van der Waals surface area contributed by atoms with E-state index in [4.69, 9.17) is 0 Å². The molecule has 1 saturated heterocycles. The molecule has 4 unspecified atom stereocenters. The second kappa shape index (κ2) is 10.7. The summed E-state index contributed by atoms with van der Waals surface area (Å²) in [6.07, 6.45) is -11.8. The van der Waals surface area contributed by atoms with Crippen molar-refractivity contribution in [3.05, 3.63) is 65.0 Å². The van der Waals surface area contributed by atoms with E-state index in [0.717, 1.165) is 30.3 Å². The minimum Gasteiger partial charge on any atom is -0.481 e.